The van der Waals surface area contributed by atoms with Gasteiger partial charge in [0.1, 0.15) is 11.3 Å². The molecule has 0 amide bonds. The molecule has 0 atom stereocenters. The Kier molecular flexibility index (Phi) is 4.48. The molecule has 0 spiro atoms. The number of aromatic amines is 2. The normalized spacial score (nSPS) is 11.5. The molecule has 0 saturated heterocycles. The number of H-pyrrole nitrogens is 2. The van der Waals surface area contributed by atoms with Gasteiger partial charge in [-0.1, -0.05) is 6.07 Å². The molecule has 0 aliphatic rings. The molecule has 6 aromatic rings. The van der Waals surface area contributed by atoms with Crippen LogP contribution in [0.15, 0.2) is 67.1 Å². The molecule has 5 heterocycles. The van der Waals surface area contributed by atoms with E-state index in [1.807, 2.05) is 49.6 Å². The van der Waals surface area contributed by atoms with E-state index < -0.39 is 0 Å². The van der Waals surface area contributed by atoms with Crippen LogP contribution in [0.3, 0.4) is 0 Å². The van der Waals surface area contributed by atoms with E-state index in [2.05, 4.69) is 43.3 Å². The van der Waals surface area contributed by atoms with E-state index in [-0.39, 0.29) is 5.13 Å². The lowest BCUT2D eigenvalue weighted by Crippen LogP contribution is -2.08. The van der Waals surface area contributed by atoms with Crippen molar-refractivity contribution in [2.75, 3.05) is 19.0 Å². The standard InChI is InChI=1S/C25H19FN6S/c1-32(2)16-9-15(12-27-13-16)14-3-4-20-19(10-14)24(31-30-20)21-11-18-17(7-8-28-25(18)29-21)22-5-6-23(26)33-22/h3-13H,1-2H3,(H,28,29)(H,30,31). The number of rotatable bonds is 4. The van der Waals surface area contributed by atoms with Gasteiger partial charge in [0.05, 0.1) is 23.1 Å². The fraction of sp³-hybridized carbons (Fsp3) is 0.0800. The average Bonchev–Trinajstić information content (AvgIpc) is 3.55. The summed E-state index contributed by atoms with van der Waals surface area (Å²) in [6, 6.07) is 15.6. The molecule has 0 bridgehead atoms. The molecule has 0 unspecified atom stereocenters. The van der Waals surface area contributed by atoms with Gasteiger partial charge >= 0.3 is 0 Å². The predicted octanol–water partition coefficient (Wildman–Crippen LogP) is 6.10. The number of thiophene rings is 1. The minimum atomic E-state index is -0.204. The minimum absolute atomic E-state index is 0.204. The van der Waals surface area contributed by atoms with Gasteiger partial charge in [-0.05, 0) is 48.0 Å². The Bertz CT molecular complexity index is 1630. The van der Waals surface area contributed by atoms with Crippen LogP contribution in [-0.2, 0) is 0 Å². The molecule has 0 saturated carbocycles. The van der Waals surface area contributed by atoms with Crippen LogP contribution in [0.4, 0.5) is 10.1 Å². The number of aromatic nitrogens is 5. The summed E-state index contributed by atoms with van der Waals surface area (Å²) in [6.07, 6.45) is 5.45. The van der Waals surface area contributed by atoms with Crippen LogP contribution in [-0.4, -0.2) is 39.2 Å². The average molecular weight is 455 g/mol. The third-order valence-corrected chi connectivity index (χ3v) is 6.67. The number of pyridine rings is 2. The number of halogens is 1. The molecule has 6 rings (SSSR count). The van der Waals surface area contributed by atoms with Crippen molar-refractivity contribution in [2.45, 2.75) is 0 Å². The first-order valence-corrected chi connectivity index (χ1v) is 11.2. The molecule has 0 aliphatic heterocycles. The van der Waals surface area contributed by atoms with Crippen LogP contribution in [0.25, 0.3) is 54.9 Å². The van der Waals surface area contributed by atoms with Gasteiger partial charge in [-0.15, -0.1) is 11.3 Å². The molecule has 33 heavy (non-hydrogen) atoms. The van der Waals surface area contributed by atoms with Gasteiger partial charge in [0.15, 0.2) is 5.13 Å². The first kappa shape index (κ1) is 19.6. The molecule has 162 valence electrons. The van der Waals surface area contributed by atoms with Crippen molar-refractivity contribution in [3.8, 4) is 33.0 Å². The topological polar surface area (TPSA) is 73.5 Å². The molecular weight excluding hydrogens is 435 g/mol. The second kappa shape index (κ2) is 7.53. The van der Waals surface area contributed by atoms with Crippen molar-refractivity contribution < 1.29 is 4.39 Å². The lowest BCUT2D eigenvalue weighted by molar-refractivity contribution is 0.657. The van der Waals surface area contributed by atoms with Crippen molar-refractivity contribution in [3.05, 3.63) is 72.3 Å². The number of hydrogen-bond acceptors (Lipinski definition) is 5. The molecule has 2 N–H and O–H groups in total. The fourth-order valence-corrected chi connectivity index (χ4v) is 4.83. The van der Waals surface area contributed by atoms with E-state index in [9.17, 15) is 4.39 Å². The van der Waals surface area contributed by atoms with Crippen molar-refractivity contribution in [2.24, 2.45) is 0 Å². The molecule has 0 aliphatic carbocycles. The highest BCUT2D eigenvalue weighted by Crippen LogP contribution is 2.36. The van der Waals surface area contributed by atoms with Crippen LogP contribution in [0, 0.1) is 5.13 Å². The van der Waals surface area contributed by atoms with Gasteiger partial charge in [0, 0.05) is 53.3 Å². The second-order valence-electron chi connectivity index (χ2n) is 8.07. The number of fused-ring (bicyclic) bond motifs is 2. The molecular formula is C25H19FN6S. The Labute approximate surface area is 192 Å². The quantitative estimate of drug-likeness (QED) is 0.337. The Morgan fingerprint density at radius 2 is 1.85 bits per heavy atom. The van der Waals surface area contributed by atoms with Crippen molar-refractivity contribution in [1.29, 1.82) is 0 Å². The summed E-state index contributed by atoms with van der Waals surface area (Å²) < 4.78 is 13.6. The zero-order valence-corrected chi connectivity index (χ0v) is 18.7. The van der Waals surface area contributed by atoms with Crippen molar-refractivity contribution in [3.63, 3.8) is 0 Å². The number of anilines is 1. The van der Waals surface area contributed by atoms with E-state index in [0.717, 1.165) is 71.9 Å². The smallest absolute Gasteiger partial charge is 0.176 e. The molecule has 0 fully saturated rings. The summed E-state index contributed by atoms with van der Waals surface area (Å²) in [6.45, 7) is 0. The van der Waals surface area contributed by atoms with Crippen molar-refractivity contribution >= 4 is 39.0 Å². The minimum Gasteiger partial charge on any atom is -0.376 e. The Balaban J connectivity index is 1.48. The monoisotopic (exact) mass is 454 g/mol. The van der Waals surface area contributed by atoms with Gasteiger partial charge in [-0.25, -0.2) is 4.98 Å². The second-order valence-corrected chi connectivity index (χ2v) is 9.10. The zero-order chi connectivity index (χ0) is 22.5. The third kappa shape index (κ3) is 3.35. The van der Waals surface area contributed by atoms with E-state index in [1.165, 1.54) is 6.07 Å². The van der Waals surface area contributed by atoms with Crippen molar-refractivity contribution in [1.82, 2.24) is 25.1 Å². The SMILES string of the molecule is CN(C)c1cncc(-c2ccc3[nH]nc(-c4cc5c(-c6ccc(F)s6)ccnc5[nH]4)c3c2)c1. The number of nitrogens with zero attached hydrogens (tertiary/aromatic N) is 4. The van der Waals surface area contributed by atoms with Crippen LogP contribution in [0.5, 0.6) is 0 Å². The van der Waals surface area contributed by atoms with Crippen LogP contribution >= 0.6 is 11.3 Å². The summed E-state index contributed by atoms with van der Waals surface area (Å²) in [5.41, 5.74) is 7.43. The number of nitrogens with one attached hydrogen (secondary N) is 2. The number of benzene rings is 1. The van der Waals surface area contributed by atoms with Crippen LogP contribution in [0.1, 0.15) is 0 Å². The van der Waals surface area contributed by atoms with Gasteiger partial charge < -0.3 is 9.88 Å². The maximum atomic E-state index is 13.6. The van der Waals surface area contributed by atoms with E-state index in [0.29, 0.717) is 0 Å². The van der Waals surface area contributed by atoms with E-state index in [4.69, 9.17) is 0 Å². The highest BCUT2D eigenvalue weighted by Gasteiger charge is 2.16. The van der Waals surface area contributed by atoms with Gasteiger partial charge in [-0.2, -0.15) is 9.49 Å². The van der Waals surface area contributed by atoms with Crippen LogP contribution < -0.4 is 4.90 Å². The van der Waals surface area contributed by atoms with Gasteiger partial charge in [-0.3, -0.25) is 10.1 Å². The Hall–Kier alpha value is -4.04. The third-order valence-electron chi connectivity index (χ3n) is 5.76. The molecule has 1 aromatic carbocycles. The largest absolute Gasteiger partial charge is 0.376 e. The molecule has 5 aromatic heterocycles. The first-order valence-electron chi connectivity index (χ1n) is 10.4. The summed E-state index contributed by atoms with van der Waals surface area (Å²) in [4.78, 5) is 15.2. The summed E-state index contributed by atoms with van der Waals surface area (Å²) in [5.74, 6) is 0. The van der Waals surface area contributed by atoms with Crippen LogP contribution in [0.2, 0.25) is 0 Å². The first-order chi connectivity index (χ1) is 16.1. The predicted molar refractivity (Wildman–Crippen MR) is 132 cm³/mol. The maximum Gasteiger partial charge on any atom is 0.176 e. The van der Waals surface area contributed by atoms with E-state index in [1.54, 1.807) is 12.3 Å². The lowest BCUT2D eigenvalue weighted by Gasteiger charge is -2.13. The summed E-state index contributed by atoms with van der Waals surface area (Å²) in [7, 11) is 4.00. The number of hydrogen-bond donors (Lipinski definition) is 2. The zero-order valence-electron chi connectivity index (χ0n) is 17.9. The Morgan fingerprint density at radius 1 is 0.939 bits per heavy atom. The molecule has 8 heteroatoms. The summed E-state index contributed by atoms with van der Waals surface area (Å²) >= 11 is 1.13. The fourth-order valence-electron chi connectivity index (χ4n) is 4.06. The summed E-state index contributed by atoms with van der Waals surface area (Å²) in [5, 5.41) is 9.44. The lowest BCUT2D eigenvalue weighted by atomic mass is 10.0. The highest BCUT2D eigenvalue weighted by molar-refractivity contribution is 7.14. The Morgan fingerprint density at radius 3 is 2.67 bits per heavy atom. The van der Waals surface area contributed by atoms with E-state index >= 15 is 0 Å². The highest BCUT2D eigenvalue weighted by atomic mass is 32.1. The van der Waals surface area contributed by atoms with Gasteiger partial charge in [0.25, 0.3) is 0 Å². The molecule has 0 radical (unpaired) electrons. The molecule has 6 nitrogen and oxygen atoms in total. The maximum absolute atomic E-state index is 13.6. The van der Waals surface area contributed by atoms with Gasteiger partial charge in [0.2, 0.25) is 0 Å².